The fourth-order valence-corrected chi connectivity index (χ4v) is 3.94. The predicted octanol–water partition coefficient (Wildman–Crippen LogP) is 3.14. The number of carbonyl (C=O) groups is 1. The van der Waals surface area contributed by atoms with Gasteiger partial charge >= 0.3 is 0 Å². The van der Waals surface area contributed by atoms with E-state index >= 15 is 0 Å². The fourth-order valence-electron chi connectivity index (χ4n) is 3.94. The number of halogens is 1. The Labute approximate surface area is 173 Å². The van der Waals surface area contributed by atoms with E-state index in [1.54, 1.807) is 29.3 Å². The van der Waals surface area contributed by atoms with Crippen LogP contribution in [0.4, 0.5) is 4.39 Å². The van der Waals surface area contributed by atoms with Gasteiger partial charge in [-0.05, 0) is 23.8 Å². The Morgan fingerprint density at radius 2 is 1.90 bits per heavy atom. The molecule has 0 spiro atoms. The minimum Gasteiger partial charge on any atom is -0.336 e. The maximum Gasteiger partial charge on any atom is 0.244 e. The van der Waals surface area contributed by atoms with Gasteiger partial charge in [-0.3, -0.25) is 9.48 Å². The molecule has 0 unspecified atom stereocenters. The zero-order valence-corrected chi connectivity index (χ0v) is 16.3. The number of nitrogens with zero attached hydrogens (tertiary/aromatic N) is 5. The summed E-state index contributed by atoms with van der Waals surface area (Å²) in [5.74, 6) is -0.238. The second-order valence-electron chi connectivity index (χ2n) is 7.48. The molecule has 30 heavy (non-hydrogen) atoms. The number of hydrogen-bond donors (Lipinski definition) is 0. The smallest absolute Gasteiger partial charge is 0.244 e. The highest BCUT2D eigenvalue weighted by Gasteiger charge is 2.25. The van der Waals surface area contributed by atoms with E-state index in [0.717, 1.165) is 33.4 Å². The molecule has 2 aromatic carbocycles. The quantitative estimate of drug-likeness (QED) is 0.527. The van der Waals surface area contributed by atoms with E-state index in [1.165, 1.54) is 12.1 Å². The second-order valence-corrected chi connectivity index (χ2v) is 7.48. The molecule has 7 heteroatoms. The number of carbonyl (C=O) groups excluding carboxylic acids is 1. The highest BCUT2D eigenvalue weighted by molar-refractivity contribution is 5.82. The lowest BCUT2D eigenvalue weighted by molar-refractivity contribution is -0.132. The van der Waals surface area contributed by atoms with Crippen LogP contribution in [0.15, 0.2) is 61.1 Å². The molecule has 0 N–H and O–H groups in total. The molecular weight excluding hydrogens is 381 g/mol. The van der Waals surface area contributed by atoms with Crippen molar-refractivity contribution in [1.29, 1.82) is 0 Å². The molecule has 0 aliphatic carbocycles. The molecule has 3 heterocycles. The number of fused-ring (bicyclic) bond motifs is 2. The molecule has 150 valence electrons. The number of hydrogen-bond acceptors (Lipinski definition) is 4. The standard InChI is InChI=1S/C23H20FN5O/c24-18-7-5-16(6-8-18)11-21-19-13-28(10-9-20(19)25-15-26-21)23(30)14-29-22-4-2-1-3-17(22)12-27-29/h1-8,12,15H,9-11,13-14H2. The first kappa shape index (κ1) is 18.4. The first-order chi connectivity index (χ1) is 14.7. The van der Waals surface area contributed by atoms with Gasteiger partial charge in [0.2, 0.25) is 5.91 Å². The van der Waals surface area contributed by atoms with Crippen molar-refractivity contribution in [2.75, 3.05) is 6.54 Å². The molecule has 0 radical (unpaired) electrons. The molecule has 0 atom stereocenters. The number of para-hydroxylation sites is 1. The van der Waals surface area contributed by atoms with Crippen LogP contribution >= 0.6 is 0 Å². The molecule has 0 saturated carbocycles. The van der Waals surface area contributed by atoms with E-state index in [1.807, 2.05) is 29.2 Å². The summed E-state index contributed by atoms with van der Waals surface area (Å²) in [7, 11) is 0. The summed E-state index contributed by atoms with van der Waals surface area (Å²) in [5.41, 5.74) is 4.78. The normalized spacial score (nSPS) is 13.4. The molecule has 1 amide bonds. The first-order valence-corrected chi connectivity index (χ1v) is 9.92. The van der Waals surface area contributed by atoms with Crippen molar-refractivity contribution in [1.82, 2.24) is 24.6 Å². The molecule has 1 aliphatic heterocycles. The van der Waals surface area contributed by atoms with E-state index in [9.17, 15) is 9.18 Å². The first-order valence-electron chi connectivity index (χ1n) is 9.92. The maximum atomic E-state index is 13.2. The molecule has 0 saturated heterocycles. The predicted molar refractivity (Wildman–Crippen MR) is 110 cm³/mol. The molecule has 2 aromatic heterocycles. The van der Waals surface area contributed by atoms with Gasteiger partial charge in [0.25, 0.3) is 0 Å². The zero-order valence-electron chi connectivity index (χ0n) is 16.3. The Kier molecular flexibility index (Phi) is 4.71. The molecule has 0 bridgehead atoms. The van der Waals surface area contributed by atoms with Gasteiger partial charge in [0.05, 0.1) is 23.1 Å². The van der Waals surface area contributed by atoms with Crippen LogP contribution in [-0.2, 0) is 30.7 Å². The third-order valence-electron chi connectivity index (χ3n) is 5.56. The Morgan fingerprint density at radius 3 is 2.77 bits per heavy atom. The van der Waals surface area contributed by atoms with Crippen molar-refractivity contribution in [3.05, 3.63) is 89.4 Å². The van der Waals surface area contributed by atoms with Gasteiger partial charge < -0.3 is 4.90 Å². The lowest BCUT2D eigenvalue weighted by Crippen LogP contribution is -2.39. The number of aromatic nitrogens is 4. The van der Waals surface area contributed by atoms with Gasteiger partial charge in [-0.2, -0.15) is 5.10 Å². The highest BCUT2D eigenvalue weighted by atomic mass is 19.1. The molecule has 6 nitrogen and oxygen atoms in total. The number of amides is 1. The molecule has 0 fully saturated rings. The summed E-state index contributed by atoms with van der Waals surface area (Å²) in [6, 6.07) is 14.3. The fraction of sp³-hybridized carbons (Fsp3) is 0.217. The highest BCUT2D eigenvalue weighted by Crippen LogP contribution is 2.22. The van der Waals surface area contributed by atoms with E-state index < -0.39 is 0 Å². The number of benzene rings is 2. The Morgan fingerprint density at radius 1 is 1.07 bits per heavy atom. The summed E-state index contributed by atoms with van der Waals surface area (Å²) >= 11 is 0. The van der Waals surface area contributed by atoms with Gasteiger partial charge in [0.1, 0.15) is 18.7 Å². The Hall–Kier alpha value is -3.61. The summed E-state index contributed by atoms with van der Waals surface area (Å²) in [6.45, 7) is 1.30. The number of rotatable bonds is 4. The van der Waals surface area contributed by atoms with Crippen molar-refractivity contribution in [3.8, 4) is 0 Å². The summed E-state index contributed by atoms with van der Waals surface area (Å²) in [6.07, 6.45) is 4.63. The van der Waals surface area contributed by atoms with E-state index in [4.69, 9.17) is 0 Å². The van der Waals surface area contributed by atoms with Crippen molar-refractivity contribution in [2.45, 2.75) is 25.9 Å². The minimum absolute atomic E-state index is 0.0195. The van der Waals surface area contributed by atoms with E-state index in [2.05, 4.69) is 15.1 Å². The van der Waals surface area contributed by atoms with Crippen molar-refractivity contribution in [3.63, 3.8) is 0 Å². The largest absolute Gasteiger partial charge is 0.336 e. The van der Waals surface area contributed by atoms with Gasteiger partial charge in [-0.25, -0.2) is 14.4 Å². The third kappa shape index (κ3) is 3.54. The van der Waals surface area contributed by atoms with Crippen molar-refractivity contribution in [2.24, 2.45) is 0 Å². The van der Waals surface area contributed by atoms with Crippen LogP contribution < -0.4 is 0 Å². The monoisotopic (exact) mass is 401 g/mol. The molecular formula is C23H20FN5O. The average molecular weight is 401 g/mol. The second kappa shape index (κ2) is 7.67. The van der Waals surface area contributed by atoms with Crippen LogP contribution in [0.25, 0.3) is 10.9 Å². The lowest BCUT2D eigenvalue weighted by Gasteiger charge is -2.29. The maximum absolute atomic E-state index is 13.2. The SMILES string of the molecule is O=C(Cn1ncc2ccccc21)N1CCc2ncnc(Cc3ccc(F)cc3)c2C1. The van der Waals surface area contributed by atoms with Crippen molar-refractivity contribution < 1.29 is 9.18 Å². The van der Waals surface area contributed by atoms with Gasteiger partial charge in [-0.1, -0.05) is 30.3 Å². The van der Waals surface area contributed by atoms with Crippen LogP contribution in [0.1, 0.15) is 22.5 Å². The molecule has 5 rings (SSSR count). The summed E-state index contributed by atoms with van der Waals surface area (Å²) in [5, 5.41) is 5.39. The van der Waals surface area contributed by atoms with Crippen LogP contribution in [0.3, 0.4) is 0 Å². The van der Waals surface area contributed by atoms with Crippen LogP contribution in [-0.4, -0.2) is 37.1 Å². The van der Waals surface area contributed by atoms with Crippen LogP contribution in [0.2, 0.25) is 0 Å². The molecule has 1 aliphatic rings. The molecule has 4 aromatic rings. The third-order valence-corrected chi connectivity index (χ3v) is 5.56. The average Bonchev–Trinajstić information content (AvgIpc) is 3.18. The van der Waals surface area contributed by atoms with Gasteiger partial charge in [0.15, 0.2) is 0 Å². The zero-order chi connectivity index (χ0) is 20.5. The van der Waals surface area contributed by atoms with E-state index in [-0.39, 0.29) is 18.3 Å². The van der Waals surface area contributed by atoms with E-state index in [0.29, 0.717) is 25.9 Å². The van der Waals surface area contributed by atoms with Crippen molar-refractivity contribution >= 4 is 16.8 Å². The summed E-state index contributed by atoms with van der Waals surface area (Å²) in [4.78, 5) is 23.7. The van der Waals surface area contributed by atoms with Gasteiger partial charge in [0, 0.05) is 36.9 Å². The van der Waals surface area contributed by atoms with Gasteiger partial charge in [-0.15, -0.1) is 0 Å². The lowest BCUT2D eigenvalue weighted by atomic mass is 9.99. The topological polar surface area (TPSA) is 63.9 Å². The van der Waals surface area contributed by atoms with Crippen LogP contribution in [0.5, 0.6) is 0 Å². The summed E-state index contributed by atoms with van der Waals surface area (Å²) < 4.78 is 15.0. The Balaban J connectivity index is 1.36. The van der Waals surface area contributed by atoms with Crippen LogP contribution in [0, 0.1) is 5.82 Å². The Bertz CT molecular complexity index is 1220. The minimum atomic E-state index is -0.258.